The lowest BCUT2D eigenvalue weighted by Crippen LogP contribution is -2.40. The van der Waals surface area contributed by atoms with Crippen LogP contribution in [0.3, 0.4) is 0 Å². The molecule has 1 aliphatic heterocycles. The van der Waals surface area contributed by atoms with Gasteiger partial charge in [0, 0.05) is 13.8 Å². The summed E-state index contributed by atoms with van der Waals surface area (Å²) in [5.41, 5.74) is -0.934. The maximum Gasteiger partial charge on any atom is 0.315 e. The van der Waals surface area contributed by atoms with E-state index in [9.17, 15) is 14.4 Å². The molecule has 1 rings (SSSR count). The number of hydrogen-bond donors (Lipinski definition) is 0. The first-order valence-electron chi connectivity index (χ1n) is 5.27. The second-order valence-electron chi connectivity index (χ2n) is 4.50. The number of carbonyl (C=O) groups excluding carboxylic acids is 3. The largest absolute Gasteiger partial charge is 0.462 e. The standard InChI is InChI=1S/C11H16O6/c1-6(12)15-5-8-9(16-7(2)13)11(3,4)10(14)17-8/h8-9H,5H2,1-4H3/t8-,9-/m1/s1. The average molecular weight is 244 g/mol. The summed E-state index contributed by atoms with van der Waals surface area (Å²) < 4.78 is 14.9. The van der Waals surface area contributed by atoms with E-state index in [0.717, 1.165) is 0 Å². The van der Waals surface area contributed by atoms with Gasteiger partial charge in [0.2, 0.25) is 0 Å². The molecule has 1 aliphatic rings. The van der Waals surface area contributed by atoms with Crippen molar-refractivity contribution in [1.29, 1.82) is 0 Å². The molecular formula is C11H16O6. The van der Waals surface area contributed by atoms with Crippen molar-refractivity contribution in [3.8, 4) is 0 Å². The van der Waals surface area contributed by atoms with E-state index in [0.29, 0.717) is 0 Å². The van der Waals surface area contributed by atoms with Gasteiger partial charge in [-0.1, -0.05) is 0 Å². The molecule has 96 valence electrons. The number of rotatable bonds is 3. The Balaban J connectivity index is 2.78. The second-order valence-corrected chi connectivity index (χ2v) is 4.50. The molecule has 6 heteroatoms. The van der Waals surface area contributed by atoms with Gasteiger partial charge in [0.25, 0.3) is 0 Å². The summed E-state index contributed by atoms with van der Waals surface area (Å²) in [6.07, 6.45) is -1.49. The van der Waals surface area contributed by atoms with Gasteiger partial charge in [-0.25, -0.2) is 0 Å². The van der Waals surface area contributed by atoms with Crippen molar-refractivity contribution in [2.24, 2.45) is 5.41 Å². The Morgan fingerprint density at radius 2 is 1.88 bits per heavy atom. The van der Waals surface area contributed by atoms with Crippen molar-refractivity contribution in [1.82, 2.24) is 0 Å². The number of carbonyl (C=O) groups is 3. The quantitative estimate of drug-likeness (QED) is 0.529. The van der Waals surface area contributed by atoms with Crippen LogP contribution in [-0.4, -0.2) is 36.7 Å². The lowest BCUT2D eigenvalue weighted by Gasteiger charge is -2.24. The third-order valence-electron chi connectivity index (χ3n) is 2.58. The second kappa shape index (κ2) is 4.73. The molecule has 1 saturated heterocycles. The van der Waals surface area contributed by atoms with E-state index in [4.69, 9.17) is 14.2 Å². The molecule has 0 saturated carbocycles. The highest BCUT2D eigenvalue weighted by Gasteiger charge is 2.53. The molecule has 0 unspecified atom stereocenters. The summed E-state index contributed by atoms with van der Waals surface area (Å²) in [5, 5.41) is 0. The third kappa shape index (κ3) is 2.95. The molecule has 17 heavy (non-hydrogen) atoms. The average Bonchev–Trinajstić information content (AvgIpc) is 2.38. The molecule has 0 aromatic rings. The molecular weight excluding hydrogens is 228 g/mol. The number of cyclic esters (lactones) is 1. The summed E-state index contributed by atoms with van der Waals surface area (Å²) in [4.78, 5) is 33.3. The lowest BCUT2D eigenvalue weighted by molar-refractivity contribution is -0.158. The SMILES string of the molecule is CC(=O)OC[C@H]1OC(=O)C(C)(C)[C@@H]1OC(C)=O. The maximum atomic E-state index is 11.6. The predicted octanol–water partition coefficient (Wildman–Crippen LogP) is 0.433. The van der Waals surface area contributed by atoms with Gasteiger partial charge in [0.05, 0.1) is 0 Å². The van der Waals surface area contributed by atoms with Crippen LogP contribution < -0.4 is 0 Å². The first-order chi connectivity index (χ1) is 7.75. The number of hydrogen-bond acceptors (Lipinski definition) is 6. The smallest absolute Gasteiger partial charge is 0.315 e. The van der Waals surface area contributed by atoms with E-state index in [2.05, 4.69) is 0 Å². The van der Waals surface area contributed by atoms with Crippen LogP contribution in [0, 0.1) is 5.41 Å². The Hall–Kier alpha value is -1.59. The zero-order valence-electron chi connectivity index (χ0n) is 10.3. The minimum absolute atomic E-state index is 0.109. The van der Waals surface area contributed by atoms with Crippen LogP contribution in [0.1, 0.15) is 27.7 Å². The molecule has 0 aromatic carbocycles. The lowest BCUT2D eigenvalue weighted by atomic mass is 9.86. The van der Waals surface area contributed by atoms with E-state index in [1.165, 1.54) is 13.8 Å². The Kier molecular flexibility index (Phi) is 3.75. The van der Waals surface area contributed by atoms with Crippen molar-refractivity contribution >= 4 is 17.9 Å². The minimum Gasteiger partial charge on any atom is -0.462 e. The van der Waals surface area contributed by atoms with E-state index >= 15 is 0 Å². The number of ether oxygens (including phenoxy) is 3. The summed E-state index contributed by atoms with van der Waals surface area (Å²) >= 11 is 0. The normalized spacial score (nSPS) is 26.2. The highest BCUT2D eigenvalue weighted by Crippen LogP contribution is 2.36. The van der Waals surface area contributed by atoms with Gasteiger partial charge in [-0.3, -0.25) is 14.4 Å². The molecule has 1 heterocycles. The first-order valence-corrected chi connectivity index (χ1v) is 5.27. The molecule has 2 atom stereocenters. The van der Waals surface area contributed by atoms with Gasteiger partial charge in [-0.2, -0.15) is 0 Å². The van der Waals surface area contributed by atoms with E-state index in [-0.39, 0.29) is 6.61 Å². The Morgan fingerprint density at radius 1 is 1.29 bits per heavy atom. The van der Waals surface area contributed by atoms with Crippen LogP contribution in [0.25, 0.3) is 0 Å². The highest BCUT2D eigenvalue weighted by atomic mass is 16.6. The minimum atomic E-state index is -0.934. The molecule has 0 aliphatic carbocycles. The van der Waals surface area contributed by atoms with Gasteiger partial charge < -0.3 is 14.2 Å². The molecule has 0 amide bonds. The molecule has 0 N–H and O–H groups in total. The van der Waals surface area contributed by atoms with E-state index < -0.39 is 35.5 Å². The topological polar surface area (TPSA) is 78.9 Å². The van der Waals surface area contributed by atoms with Gasteiger partial charge in [-0.05, 0) is 13.8 Å². The van der Waals surface area contributed by atoms with Gasteiger partial charge >= 0.3 is 17.9 Å². The van der Waals surface area contributed by atoms with Crippen molar-refractivity contribution in [3.05, 3.63) is 0 Å². The van der Waals surface area contributed by atoms with Gasteiger partial charge in [0.15, 0.2) is 12.2 Å². The van der Waals surface area contributed by atoms with Crippen molar-refractivity contribution in [2.75, 3.05) is 6.61 Å². The summed E-state index contributed by atoms with van der Waals surface area (Å²) in [5.74, 6) is -1.46. The molecule has 0 aromatic heterocycles. The first kappa shape index (κ1) is 13.5. The van der Waals surface area contributed by atoms with Crippen LogP contribution in [0.15, 0.2) is 0 Å². The van der Waals surface area contributed by atoms with Crippen LogP contribution in [0.4, 0.5) is 0 Å². The Bertz CT molecular complexity index is 346. The highest BCUT2D eigenvalue weighted by molar-refractivity contribution is 5.80. The Labute approximate surface area is 99.2 Å². The van der Waals surface area contributed by atoms with Crippen LogP contribution >= 0.6 is 0 Å². The van der Waals surface area contributed by atoms with E-state index in [1.54, 1.807) is 13.8 Å². The van der Waals surface area contributed by atoms with Crippen molar-refractivity contribution < 1.29 is 28.6 Å². The van der Waals surface area contributed by atoms with Crippen LogP contribution in [0.2, 0.25) is 0 Å². The van der Waals surface area contributed by atoms with Crippen molar-refractivity contribution in [2.45, 2.75) is 39.9 Å². The van der Waals surface area contributed by atoms with E-state index in [1.807, 2.05) is 0 Å². The molecule has 0 bridgehead atoms. The predicted molar refractivity (Wildman–Crippen MR) is 55.8 cm³/mol. The molecule has 1 fully saturated rings. The number of esters is 3. The zero-order valence-corrected chi connectivity index (χ0v) is 10.3. The fourth-order valence-electron chi connectivity index (χ4n) is 1.65. The zero-order chi connectivity index (χ0) is 13.2. The summed E-state index contributed by atoms with van der Waals surface area (Å²) in [6.45, 7) is 5.64. The van der Waals surface area contributed by atoms with Gasteiger partial charge in [0.1, 0.15) is 12.0 Å². The maximum absolute atomic E-state index is 11.6. The van der Waals surface area contributed by atoms with Crippen LogP contribution in [-0.2, 0) is 28.6 Å². The molecule has 0 spiro atoms. The molecule has 0 radical (unpaired) electrons. The fourth-order valence-corrected chi connectivity index (χ4v) is 1.65. The fraction of sp³-hybridized carbons (Fsp3) is 0.727. The summed E-state index contributed by atoms with van der Waals surface area (Å²) in [7, 11) is 0. The van der Waals surface area contributed by atoms with Gasteiger partial charge in [-0.15, -0.1) is 0 Å². The summed E-state index contributed by atoms with van der Waals surface area (Å²) in [6, 6.07) is 0. The Morgan fingerprint density at radius 3 is 2.35 bits per heavy atom. The monoisotopic (exact) mass is 244 g/mol. The molecule has 6 nitrogen and oxygen atoms in total. The van der Waals surface area contributed by atoms with Crippen molar-refractivity contribution in [3.63, 3.8) is 0 Å². The van der Waals surface area contributed by atoms with Crippen LogP contribution in [0.5, 0.6) is 0 Å². The third-order valence-corrected chi connectivity index (χ3v) is 2.58.